The van der Waals surface area contributed by atoms with Crippen molar-refractivity contribution in [2.45, 2.75) is 44.1 Å². The van der Waals surface area contributed by atoms with Crippen molar-refractivity contribution in [2.24, 2.45) is 0 Å². The molecule has 1 aliphatic rings. The fraction of sp³-hybridized carbons (Fsp3) is 0.308. The molecule has 0 bridgehead atoms. The van der Waals surface area contributed by atoms with Gasteiger partial charge < -0.3 is 23.7 Å². The molecule has 0 spiro atoms. The van der Waals surface area contributed by atoms with E-state index in [1.807, 2.05) is 60.7 Å². The van der Waals surface area contributed by atoms with E-state index in [0.29, 0.717) is 32.0 Å². The first-order valence-electron chi connectivity index (χ1n) is 10.4. The Morgan fingerprint density at radius 1 is 0.935 bits per heavy atom. The average molecular weight is 418 g/mol. The molecule has 160 valence electrons. The Bertz CT molecular complexity index is 959. The highest BCUT2D eigenvalue weighted by Gasteiger charge is 2.35. The Hall–Kier alpha value is -2.88. The molecule has 0 aliphatic carbocycles. The summed E-state index contributed by atoms with van der Waals surface area (Å²) < 4.78 is 23.4. The quantitative estimate of drug-likeness (QED) is 0.554. The van der Waals surface area contributed by atoms with Gasteiger partial charge in [0.2, 0.25) is 0 Å². The van der Waals surface area contributed by atoms with Crippen molar-refractivity contribution in [3.05, 3.63) is 95.9 Å². The number of aliphatic hydroxyl groups is 1. The van der Waals surface area contributed by atoms with Gasteiger partial charge in [-0.3, -0.25) is 0 Å². The van der Waals surface area contributed by atoms with Crippen LogP contribution in [0, 0.1) is 11.8 Å². The van der Waals surface area contributed by atoms with E-state index in [4.69, 9.17) is 18.6 Å². The zero-order valence-electron chi connectivity index (χ0n) is 17.2. The number of ether oxygens (including phenoxy) is 3. The van der Waals surface area contributed by atoms with Gasteiger partial charge in [0, 0.05) is 6.42 Å². The molecular formula is C26H26O5. The molecule has 1 saturated heterocycles. The molecule has 3 aromatic rings. The molecule has 5 heteroatoms. The Kier molecular flexibility index (Phi) is 7.54. The first kappa shape index (κ1) is 21.4. The second-order valence-electron chi connectivity index (χ2n) is 7.44. The topological polar surface area (TPSA) is 61.1 Å². The largest absolute Gasteiger partial charge is 0.466 e. The van der Waals surface area contributed by atoms with Crippen molar-refractivity contribution in [3.63, 3.8) is 0 Å². The molecular weight excluding hydrogens is 392 g/mol. The number of furan rings is 1. The van der Waals surface area contributed by atoms with E-state index in [0.717, 1.165) is 11.1 Å². The molecule has 5 nitrogen and oxygen atoms in total. The van der Waals surface area contributed by atoms with Crippen molar-refractivity contribution >= 4 is 0 Å². The molecule has 4 rings (SSSR count). The van der Waals surface area contributed by atoms with E-state index < -0.39 is 6.10 Å². The van der Waals surface area contributed by atoms with Crippen molar-refractivity contribution in [1.82, 2.24) is 0 Å². The van der Waals surface area contributed by atoms with Crippen molar-refractivity contribution in [2.75, 3.05) is 6.61 Å². The van der Waals surface area contributed by atoms with Gasteiger partial charge in [-0.25, -0.2) is 0 Å². The maximum atomic E-state index is 10.1. The number of aliphatic hydroxyl groups excluding tert-OH is 1. The molecule has 1 fully saturated rings. The van der Waals surface area contributed by atoms with Crippen molar-refractivity contribution in [3.8, 4) is 11.8 Å². The third-order valence-corrected chi connectivity index (χ3v) is 5.09. The highest BCUT2D eigenvalue weighted by molar-refractivity contribution is 5.19. The SMILES string of the molecule is OC(C#C[C@H]1C[C@H](OCc2ccccc2)[C@@H](COCc2ccccc2)O1)c1ccco1. The van der Waals surface area contributed by atoms with Gasteiger partial charge in [-0.15, -0.1) is 0 Å². The van der Waals surface area contributed by atoms with Crippen LogP contribution in [0.1, 0.15) is 29.4 Å². The van der Waals surface area contributed by atoms with Gasteiger partial charge in [-0.1, -0.05) is 72.5 Å². The lowest BCUT2D eigenvalue weighted by molar-refractivity contribution is -0.0651. The highest BCUT2D eigenvalue weighted by Crippen LogP contribution is 2.25. The fourth-order valence-corrected chi connectivity index (χ4v) is 3.47. The molecule has 1 N–H and O–H groups in total. The summed E-state index contributed by atoms with van der Waals surface area (Å²) in [5.74, 6) is 6.25. The van der Waals surface area contributed by atoms with Crippen LogP contribution in [-0.2, 0) is 27.4 Å². The molecule has 1 aliphatic heterocycles. The number of rotatable bonds is 8. The second-order valence-corrected chi connectivity index (χ2v) is 7.44. The van der Waals surface area contributed by atoms with Gasteiger partial charge in [-0.05, 0) is 23.3 Å². The molecule has 0 saturated carbocycles. The van der Waals surface area contributed by atoms with E-state index in [2.05, 4.69) is 11.8 Å². The lowest BCUT2D eigenvalue weighted by Gasteiger charge is -2.19. The summed E-state index contributed by atoms with van der Waals surface area (Å²) in [7, 11) is 0. The normalized spacial score (nSPS) is 21.4. The Labute approximate surface area is 182 Å². The highest BCUT2D eigenvalue weighted by atomic mass is 16.6. The molecule has 0 amide bonds. The Morgan fingerprint density at radius 3 is 2.32 bits per heavy atom. The van der Waals surface area contributed by atoms with E-state index in [1.165, 1.54) is 6.26 Å². The third kappa shape index (κ3) is 6.30. The minimum atomic E-state index is -0.976. The molecule has 0 radical (unpaired) electrons. The summed E-state index contributed by atoms with van der Waals surface area (Å²) in [6, 6.07) is 23.5. The van der Waals surface area contributed by atoms with Crippen LogP contribution in [-0.4, -0.2) is 30.0 Å². The van der Waals surface area contributed by atoms with Crippen LogP contribution < -0.4 is 0 Å². The predicted molar refractivity (Wildman–Crippen MR) is 116 cm³/mol. The van der Waals surface area contributed by atoms with Crippen molar-refractivity contribution < 1.29 is 23.7 Å². The molecule has 31 heavy (non-hydrogen) atoms. The first-order valence-corrected chi connectivity index (χ1v) is 10.4. The van der Waals surface area contributed by atoms with E-state index >= 15 is 0 Å². The van der Waals surface area contributed by atoms with Gasteiger partial charge in [0.15, 0.2) is 6.10 Å². The number of benzene rings is 2. The third-order valence-electron chi connectivity index (χ3n) is 5.09. The molecule has 2 heterocycles. The fourth-order valence-electron chi connectivity index (χ4n) is 3.47. The summed E-state index contributed by atoms with van der Waals surface area (Å²) in [5.41, 5.74) is 2.22. The van der Waals surface area contributed by atoms with E-state index in [-0.39, 0.29) is 18.3 Å². The smallest absolute Gasteiger partial charge is 0.172 e. The summed E-state index contributed by atoms with van der Waals surface area (Å²) in [4.78, 5) is 0. The zero-order chi connectivity index (χ0) is 21.3. The lowest BCUT2D eigenvalue weighted by Crippen LogP contribution is -2.29. The van der Waals surface area contributed by atoms with Crippen LogP contribution in [0.2, 0.25) is 0 Å². The van der Waals surface area contributed by atoms with Gasteiger partial charge in [0.25, 0.3) is 0 Å². The molecule has 1 unspecified atom stereocenters. The minimum absolute atomic E-state index is 0.143. The average Bonchev–Trinajstić information content (AvgIpc) is 3.48. The first-order chi connectivity index (χ1) is 15.3. The van der Waals surface area contributed by atoms with Crippen LogP contribution in [0.4, 0.5) is 0 Å². The maximum absolute atomic E-state index is 10.1. The van der Waals surface area contributed by atoms with Gasteiger partial charge in [0.1, 0.15) is 18.0 Å². The Morgan fingerprint density at radius 2 is 1.65 bits per heavy atom. The van der Waals surface area contributed by atoms with Gasteiger partial charge >= 0.3 is 0 Å². The van der Waals surface area contributed by atoms with E-state index in [1.54, 1.807) is 12.1 Å². The lowest BCUT2D eigenvalue weighted by atomic mass is 10.1. The molecule has 2 aromatic carbocycles. The standard InChI is InChI=1S/C26H26O5/c27-23(24-12-7-15-29-24)14-13-22-16-25(30-18-21-10-5-2-6-11-21)26(31-22)19-28-17-20-8-3-1-4-9-20/h1-12,15,22-23,25-27H,16-19H2/t22-,23?,25-,26+/m0/s1. The van der Waals surface area contributed by atoms with Crippen LogP contribution in [0.15, 0.2) is 83.5 Å². The number of hydrogen-bond donors (Lipinski definition) is 1. The van der Waals surface area contributed by atoms with Crippen LogP contribution in [0.5, 0.6) is 0 Å². The molecule has 4 atom stereocenters. The minimum Gasteiger partial charge on any atom is -0.466 e. The van der Waals surface area contributed by atoms with Crippen LogP contribution >= 0.6 is 0 Å². The Balaban J connectivity index is 1.36. The second kappa shape index (κ2) is 10.9. The van der Waals surface area contributed by atoms with Crippen molar-refractivity contribution in [1.29, 1.82) is 0 Å². The summed E-state index contributed by atoms with van der Waals surface area (Å²) >= 11 is 0. The predicted octanol–water partition coefficient (Wildman–Crippen LogP) is 4.28. The van der Waals surface area contributed by atoms with E-state index in [9.17, 15) is 5.11 Å². The maximum Gasteiger partial charge on any atom is 0.172 e. The van der Waals surface area contributed by atoms with Crippen LogP contribution in [0.25, 0.3) is 0 Å². The van der Waals surface area contributed by atoms with Crippen LogP contribution in [0.3, 0.4) is 0 Å². The summed E-state index contributed by atoms with van der Waals surface area (Å²) in [5, 5.41) is 10.1. The van der Waals surface area contributed by atoms with Gasteiger partial charge in [0.05, 0.1) is 32.2 Å². The monoisotopic (exact) mass is 418 g/mol. The zero-order valence-corrected chi connectivity index (χ0v) is 17.2. The summed E-state index contributed by atoms with van der Waals surface area (Å²) in [6.45, 7) is 1.42. The molecule has 1 aromatic heterocycles. The number of hydrogen-bond acceptors (Lipinski definition) is 5. The summed E-state index contributed by atoms with van der Waals surface area (Å²) in [6.07, 6.45) is 0.444. The van der Waals surface area contributed by atoms with Gasteiger partial charge in [-0.2, -0.15) is 0 Å².